The normalized spacial score (nSPS) is 17.7. The quantitative estimate of drug-likeness (QED) is 0.762. The van der Waals surface area contributed by atoms with Crippen molar-refractivity contribution in [1.82, 2.24) is 0 Å². The SMILES string of the molecule is COc1ccc(CC2CCCS2)c(F)c1-c1cccc(C)c1. The number of benzene rings is 2. The van der Waals surface area contributed by atoms with Gasteiger partial charge in [-0.05, 0) is 49.1 Å². The van der Waals surface area contributed by atoms with Crippen molar-refractivity contribution in [3.63, 3.8) is 0 Å². The second-order valence-electron chi connectivity index (χ2n) is 5.82. The van der Waals surface area contributed by atoms with Gasteiger partial charge in [-0.15, -0.1) is 0 Å². The molecule has 22 heavy (non-hydrogen) atoms. The fourth-order valence-electron chi connectivity index (χ4n) is 3.05. The van der Waals surface area contributed by atoms with Crippen molar-refractivity contribution in [3.05, 3.63) is 53.3 Å². The highest BCUT2D eigenvalue weighted by Gasteiger charge is 2.21. The molecule has 2 aromatic carbocycles. The van der Waals surface area contributed by atoms with Crippen LogP contribution in [0.4, 0.5) is 4.39 Å². The van der Waals surface area contributed by atoms with E-state index in [0.717, 1.165) is 23.1 Å². The molecule has 0 radical (unpaired) electrons. The molecule has 1 nitrogen and oxygen atoms in total. The molecule has 3 rings (SSSR count). The molecule has 0 aliphatic carbocycles. The zero-order chi connectivity index (χ0) is 15.5. The topological polar surface area (TPSA) is 9.23 Å². The van der Waals surface area contributed by atoms with E-state index in [1.54, 1.807) is 7.11 Å². The zero-order valence-electron chi connectivity index (χ0n) is 13.1. The van der Waals surface area contributed by atoms with Crippen LogP contribution in [-0.2, 0) is 6.42 Å². The van der Waals surface area contributed by atoms with Gasteiger partial charge in [0.25, 0.3) is 0 Å². The number of thioether (sulfide) groups is 1. The number of hydrogen-bond donors (Lipinski definition) is 0. The Hall–Kier alpha value is -1.48. The monoisotopic (exact) mass is 316 g/mol. The summed E-state index contributed by atoms with van der Waals surface area (Å²) in [6.45, 7) is 2.02. The number of halogens is 1. The Morgan fingerprint density at radius 1 is 1.27 bits per heavy atom. The van der Waals surface area contributed by atoms with Crippen LogP contribution in [0.5, 0.6) is 5.75 Å². The molecule has 0 spiro atoms. The van der Waals surface area contributed by atoms with Crippen LogP contribution in [0.2, 0.25) is 0 Å². The number of methoxy groups -OCH3 is 1. The van der Waals surface area contributed by atoms with E-state index in [-0.39, 0.29) is 5.82 Å². The Labute approximate surface area is 135 Å². The molecule has 0 saturated carbocycles. The molecule has 1 fully saturated rings. The molecular weight excluding hydrogens is 295 g/mol. The van der Waals surface area contributed by atoms with Crippen LogP contribution in [-0.4, -0.2) is 18.1 Å². The lowest BCUT2D eigenvalue weighted by Crippen LogP contribution is -2.05. The average molecular weight is 316 g/mol. The molecule has 1 saturated heterocycles. The van der Waals surface area contributed by atoms with Gasteiger partial charge in [-0.1, -0.05) is 35.9 Å². The van der Waals surface area contributed by atoms with Crippen LogP contribution in [0.15, 0.2) is 36.4 Å². The maximum Gasteiger partial charge on any atom is 0.137 e. The lowest BCUT2D eigenvalue weighted by molar-refractivity contribution is 0.413. The first-order valence-corrected chi connectivity index (χ1v) is 8.78. The fourth-order valence-corrected chi connectivity index (χ4v) is 4.35. The van der Waals surface area contributed by atoms with E-state index in [4.69, 9.17) is 4.74 Å². The van der Waals surface area contributed by atoms with Gasteiger partial charge in [0, 0.05) is 5.25 Å². The molecule has 0 aromatic heterocycles. The predicted molar refractivity (Wildman–Crippen MR) is 92.3 cm³/mol. The minimum atomic E-state index is -0.127. The molecular formula is C19H21FOS. The summed E-state index contributed by atoms with van der Waals surface area (Å²) in [4.78, 5) is 0. The molecule has 1 unspecified atom stereocenters. The third-order valence-corrected chi connectivity index (χ3v) is 5.58. The van der Waals surface area contributed by atoms with Crippen molar-refractivity contribution in [3.8, 4) is 16.9 Å². The van der Waals surface area contributed by atoms with Crippen LogP contribution in [0, 0.1) is 12.7 Å². The summed E-state index contributed by atoms with van der Waals surface area (Å²) >= 11 is 1.96. The number of aryl methyl sites for hydroxylation is 1. The second kappa shape index (κ2) is 6.74. The van der Waals surface area contributed by atoms with Crippen molar-refractivity contribution < 1.29 is 9.13 Å². The highest BCUT2D eigenvalue weighted by molar-refractivity contribution is 8.00. The summed E-state index contributed by atoms with van der Waals surface area (Å²) in [5.41, 5.74) is 3.40. The van der Waals surface area contributed by atoms with E-state index < -0.39 is 0 Å². The van der Waals surface area contributed by atoms with Crippen LogP contribution >= 0.6 is 11.8 Å². The first-order valence-electron chi connectivity index (χ1n) is 7.73. The Morgan fingerprint density at radius 2 is 2.14 bits per heavy atom. The smallest absolute Gasteiger partial charge is 0.137 e. The van der Waals surface area contributed by atoms with Gasteiger partial charge in [0.1, 0.15) is 11.6 Å². The minimum Gasteiger partial charge on any atom is -0.496 e. The summed E-state index contributed by atoms with van der Waals surface area (Å²) in [5.74, 6) is 1.68. The Balaban J connectivity index is 2.02. The van der Waals surface area contributed by atoms with Crippen molar-refractivity contribution in [1.29, 1.82) is 0 Å². The van der Waals surface area contributed by atoms with E-state index in [2.05, 4.69) is 0 Å². The zero-order valence-corrected chi connectivity index (χ0v) is 13.9. The molecule has 2 aromatic rings. The lowest BCUT2D eigenvalue weighted by atomic mass is 9.97. The van der Waals surface area contributed by atoms with Gasteiger partial charge in [-0.25, -0.2) is 4.39 Å². The number of rotatable bonds is 4. The fraction of sp³-hybridized carbons (Fsp3) is 0.368. The maximum absolute atomic E-state index is 15.1. The summed E-state index contributed by atoms with van der Waals surface area (Å²) in [7, 11) is 1.60. The second-order valence-corrected chi connectivity index (χ2v) is 7.23. The highest BCUT2D eigenvalue weighted by atomic mass is 32.2. The standard InChI is InChI=1S/C19H21FOS/c1-13-5-3-6-14(11-13)18-17(21-2)9-8-15(19(18)20)12-16-7-4-10-22-16/h3,5-6,8-9,11,16H,4,7,10,12H2,1-2H3. The highest BCUT2D eigenvalue weighted by Crippen LogP contribution is 2.37. The third kappa shape index (κ3) is 3.14. The van der Waals surface area contributed by atoms with Crippen molar-refractivity contribution in [2.75, 3.05) is 12.9 Å². The van der Waals surface area contributed by atoms with Crippen LogP contribution in [0.1, 0.15) is 24.0 Å². The summed E-state index contributed by atoms with van der Waals surface area (Å²) in [6.07, 6.45) is 3.24. The molecule has 1 aliphatic rings. The first-order chi connectivity index (χ1) is 10.7. The molecule has 0 N–H and O–H groups in total. The molecule has 1 heterocycles. The Kier molecular flexibility index (Phi) is 4.72. The van der Waals surface area contributed by atoms with Gasteiger partial charge in [0.2, 0.25) is 0 Å². The molecule has 0 bridgehead atoms. The van der Waals surface area contributed by atoms with Crippen molar-refractivity contribution in [2.45, 2.75) is 31.4 Å². The van der Waals surface area contributed by atoms with Gasteiger partial charge in [0.05, 0.1) is 12.7 Å². The molecule has 1 atom stereocenters. The third-order valence-electron chi connectivity index (χ3n) is 4.18. The van der Waals surface area contributed by atoms with E-state index >= 15 is 4.39 Å². The van der Waals surface area contributed by atoms with Crippen molar-refractivity contribution in [2.24, 2.45) is 0 Å². The van der Waals surface area contributed by atoms with E-state index in [1.165, 1.54) is 18.6 Å². The van der Waals surface area contributed by atoms with Gasteiger partial charge in [-0.3, -0.25) is 0 Å². The largest absolute Gasteiger partial charge is 0.496 e. The van der Waals surface area contributed by atoms with E-state index in [9.17, 15) is 0 Å². The van der Waals surface area contributed by atoms with Crippen molar-refractivity contribution >= 4 is 11.8 Å². The molecule has 1 aliphatic heterocycles. The lowest BCUT2D eigenvalue weighted by Gasteiger charge is -2.15. The van der Waals surface area contributed by atoms with Crippen LogP contribution < -0.4 is 4.74 Å². The van der Waals surface area contributed by atoms with E-state index in [0.29, 0.717) is 16.6 Å². The maximum atomic E-state index is 15.1. The molecule has 3 heteroatoms. The molecule has 116 valence electrons. The van der Waals surface area contributed by atoms with Crippen LogP contribution in [0.25, 0.3) is 11.1 Å². The van der Waals surface area contributed by atoms with Gasteiger partial charge in [-0.2, -0.15) is 11.8 Å². The summed E-state index contributed by atoms with van der Waals surface area (Å²) in [5, 5.41) is 0.549. The predicted octanol–water partition coefficient (Wildman–Crippen LogP) is 5.25. The van der Waals surface area contributed by atoms with Gasteiger partial charge < -0.3 is 4.74 Å². The number of hydrogen-bond acceptors (Lipinski definition) is 2. The Bertz CT molecular complexity index is 662. The Morgan fingerprint density at radius 3 is 2.82 bits per heavy atom. The average Bonchev–Trinajstić information content (AvgIpc) is 3.02. The minimum absolute atomic E-state index is 0.127. The molecule has 0 amide bonds. The number of ether oxygens (including phenoxy) is 1. The summed E-state index contributed by atoms with van der Waals surface area (Å²) < 4.78 is 20.5. The van der Waals surface area contributed by atoms with E-state index in [1.807, 2.05) is 55.1 Å². The first kappa shape index (κ1) is 15.4. The van der Waals surface area contributed by atoms with Gasteiger partial charge >= 0.3 is 0 Å². The van der Waals surface area contributed by atoms with Gasteiger partial charge in [0.15, 0.2) is 0 Å². The summed E-state index contributed by atoms with van der Waals surface area (Å²) in [6, 6.07) is 11.7. The van der Waals surface area contributed by atoms with Crippen LogP contribution in [0.3, 0.4) is 0 Å².